The topological polar surface area (TPSA) is 26.3 Å². The Kier molecular flexibility index (Phi) is 5.17. The van der Waals surface area contributed by atoms with Gasteiger partial charge in [-0.15, -0.1) is 0 Å². The average Bonchev–Trinajstić information content (AvgIpc) is 2.41. The van der Waals surface area contributed by atoms with Gasteiger partial charge in [-0.3, -0.25) is 4.79 Å². The van der Waals surface area contributed by atoms with Crippen molar-refractivity contribution in [3.05, 3.63) is 58.6 Å². The lowest BCUT2D eigenvalue weighted by atomic mass is 10.1. The summed E-state index contributed by atoms with van der Waals surface area (Å²) in [5, 5.41) is 1.51. The Balaban J connectivity index is 2.15. The van der Waals surface area contributed by atoms with Crippen molar-refractivity contribution in [2.24, 2.45) is 0 Å². The first-order chi connectivity index (χ1) is 9.61. The fraction of sp³-hybridized carbons (Fsp3) is 0.188. The van der Waals surface area contributed by atoms with E-state index in [1.165, 1.54) is 0 Å². The standard InChI is InChI=1S/C16H16ClO2P/c1-3-19-12-7-9-13(10-8-12)20-16(18)15-11(2)5-4-6-14(15)17/h4-10,20H,3H2,1-2H3. The number of carbonyl (C=O) groups is 1. The Morgan fingerprint density at radius 2 is 1.90 bits per heavy atom. The van der Waals surface area contributed by atoms with Gasteiger partial charge in [-0.1, -0.05) is 35.9 Å². The second-order valence-corrected chi connectivity index (χ2v) is 6.03. The first kappa shape index (κ1) is 15.0. The molecule has 0 fully saturated rings. The van der Waals surface area contributed by atoms with Crippen LogP contribution in [0.2, 0.25) is 5.02 Å². The highest BCUT2D eigenvalue weighted by molar-refractivity contribution is 7.66. The number of hydrogen-bond acceptors (Lipinski definition) is 2. The van der Waals surface area contributed by atoms with Gasteiger partial charge in [0.2, 0.25) is 0 Å². The van der Waals surface area contributed by atoms with Crippen LogP contribution in [0.5, 0.6) is 5.75 Å². The van der Waals surface area contributed by atoms with E-state index in [0.29, 0.717) is 17.2 Å². The summed E-state index contributed by atoms with van der Waals surface area (Å²) in [6.07, 6.45) is 0. The lowest BCUT2D eigenvalue weighted by Crippen LogP contribution is -2.03. The van der Waals surface area contributed by atoms with Crippen LogP contribution in [0.4, 0.5) is 0 Å². The fourth-order valence-electron chi connectivity index (χ4n) is 1.91. The maximum Gasteiger partial charge on any atom is 0.187 e. The Morgan fingerprint density at radius 1 is 1.20 bits per heavy atom. The molecule has 0 amide bonds. The minimum atomic E-state index is 0.0669. The van der Waals surface area contributed by atoms with E-state index in [0.717, 1.165) is 16.6 Å². The normalized spacial score (nSPS) is 10.9. The molecule has 0 bridgehead atoms. The lowest BCUT2D eigenvalue weighted by molar-refractivity contribution is 0.108. The van der Waals surface area contributed by atoms with E-state index in [1.54, 1.807) is 6.07 Å². The summed E-state index contributed by atoms with van der Waals surface area (Å²) in [7, 11) is 0.0680. The molecule has 20 heavy (non-hydrogen) atoms. The first-order valence-electron chi connectivity index (χ1n) is 6.41. The van der Waals surface area contributed by atoms with E-state index < -0.39 is 0 Å². The van der Waals surface area contributed by atoms with Crippen molar-refractivity contribution in [1.82, 2.24) is 0 Å². The SMILES string of the molecule is CCOc1ccc(PC(=O)c2c(C)cccc2Cl)cc1. The van der Waals surface area contributed by atoms with Crippen LogP contribution in [0.1, 0.15) is 22.8 Å². The van der Waals surface area contributed by atoms with E-state index in [-0.39, 0.29) is 14.1 Å². The second-order valence-electron chi connectivity index (χ2n) is 4.34. The summed E-state index contributed by atoms with van der Waals surface area (Å²) < 4.78 is 5.39. The van der Waals surface area contributed by atoms with Gasteiger partial charge >= 0.3 is 0 Å². The highest BCUT2D eigenvalue weighted by Crippen LogP contribution is 2.27. The van der Waals surface area contributed by atoms with Crippen molar-refractivity contribution in [3.63, 3.8) is 0 Å². The molecule has 0 aliphatic heterocycles. The van der Waals surface area contributed by atoms with Crippen LogP contribution in [-0.2, 0) is 0 Å². The largest absolute Gasteiger partial charge is 0.494 e. The molecule has 104 valence electrons. The van der Waals surface area contributed by atoms with Crippen LogP contribution in [0, 0.1) is 6.92 Å². The zero-order valence-electron chi connectivity index (χ0n) is 11.4. The van der Waals surface area contributed by atoms with E-state index in [4.69, 9.17) is 16.3 Å². The number of halogens is 1. The van der Waals surface area contributed by atoms with Gasteiger partial charge < -0.3 is 4.74 Å². The van der Waals surface area contributed by atoms with E-state index in [1.807, 2.05) is 50.2 Å². The van der Waals surface area contributed by atoms with E-state index in [9.17, 15) is 4.79 Å². The molecular formula is C16H16ClO2P. The average molecular weight is 307 g/mol. The van der Waals surface area contributed by atoms with Gasteiger partial charge in [-0.25, -0.2) is 0 Å². The number of hydrogen-bond donors (Lipinski definition) is 0. The summed E-state index contributed by atoms with van der Waals surface area (Å²) in [6, 6.07) is 13.1. The molecule has 0 saturated heterocycles. The van der Waals surface area contributed by atoms with Gasteiger partial charge in [0.15, 0.2) is 5.52 Å². The molecule has 2 aromatic carbocycles. The summed E-state index contributed by atoms with van der Waals surface area (Å²) in [4.78, 5) is 12.4. The molecule has 0 aliphatic carbocycles. The maximum absolute atomic E-state index is 12.4. The lowest BCUT2D eigenvalue weighted by Gasteiger charge is -2.08. The molecule has 2 rings (SSSR count). The molecule has 0 aliphatic rings. The zero-order chi connectivity index (χ0) is 14.5. The fourth-order valence-corrected chi connectivity index (χ4v) is 3.35. The number of ether oxygens (including phenoxy) is 1. The van der Waals surface area contributed by atoms with Gasteiger partial charge in [0.05, 0.1) is 11.6 Å². The quantitative estimate of drug-likeness (QED) is 0.774. The predicted octanol–water partition coefficient (Wildman–Crippen LogP) is 4.19. The molecule has 1 atom stereocenters. The predicted molar refractivity (Wildman–Crippen MR) is 86.1 cm³/mol. The minimum absolute atomic E-state index is 0.0669. The highest BCUT2D eigenvalue weighted by Gasteiger charge is 2.13. The van der Waals surface area contributed by atoms with Crippen LogP contribution in [0.25, 0.3) is 0 Å². The van der Waals surface area contributed by atoms with Gasteiger partial charge in [-0.2, -0.15) is 0 Å². The van der Waals surface area contributed by atoms with Crippen LogP contribution in [0.15, 0.2) is 42.5 Å². The minimum Gasteiger partial charge on any atom is -0.494 e. The number of carbonyl (C=O) groups excluding carboxylic acids is 1. The van der Waals surface area contributed by atoms with Crippen molar-refractivity contribution >= 4 is 31.0 Å². The Morgan fingerprint density at radius 3 is 2.50 bits per heavy atom. The molecule has 0 heterocycles. The summed E-state index contributed by atoms with van der Waals surface area (Å²) in [6.45, 7) is 4.49. The number of aryl methyl sites for hydroxylation is 1. The molecular weight excluding hydrogens is 291 g/mol. The van der Waals surface area contributed by atoms with Crippen molar-refractivity contribution in [2.45, 2.75) is 13.8 Å². The smallest absolute Gasteiger partial charge is 0.187 e. The zero-order valence-corrected chi connectivity index (χ0v) is 13.2. The molecule has 2 nitrogen and oxygen atoms in total. The third-order valence-electron chi connectivity index (χ3n) is 2.87. The molecule has 0 saturated carbocycles. The van der Waals surface area contributed by atoms with Crippen molar-refractivity contribution < 1.29 is 9.53 Å². The number of rotatable bonds is 5. The Hall–Kier alpha value is -1.37. The Labute approximate surface area is 125 Å². The third-order valence-corrected chi connectivity index (χ3v) is 4.29. The van der Waals surface area contributed by atoms with Crippen LogP contribution < -0.4 is 10.0 Å². The van der Waals surface area contributed by atoms with Gasteiger partial charge in [0.25, 0.3) is 0 Å². The van der Waals surface area contributed by atoms with E-state index >= 15 is 0 Å². The van der Waals surface area contributed by atoms with Gasteiger partial charge in [-0.05, 0) is 51.5 Å². The second kappa shape index (κ2) is 6.88. The molecule has 1 unspecified atom stereocenters. The molecule has 0 radical (unpaired) electrons. The molecule has 2 aromatic rings. The maximum atomic E-state index is 12.4. The van der Waals surface area contributed by atoms with Gasteiger partial charge in [0.1, 0.15) is 5.75 Å². The Bertz CT molecular complexity index is 588. The van der Waals surface area contributed by atoms with Crippen molar-refractivity contribution in [2.75, 3.05) is 6.61 Å². The highest BCUT2D eigenvalue weighted by atomic mass is 35.5. The van der Waals surface area contributed by atoms with Crippen LogP contribution in [0.3, 0.4) is 0 Å². The van der Waals surface area contributed by atoms with Crippen molar-refractivity contribution in [1.29, 1.82) is 0 Å². The molecule has 0 aromatic heterocycles. The molecule has 4 heteroatoms. The molecule has 0 N–H and O–H groups in total. The van der Waals surface area contributed by atoms with Crippen LogP contribution >= 0.6 is 20.2 Å². The van der Waals surface area contributed by atoms with Crippen LogP contribution in [-0.4, -0.2) is 12.1 Å². The third kappa shape index (κ3) is 3.59. The molecule has 0 spiro atoms. The first-order valence-corrected chi connectivity index (χ1v) is 7.79. The number of benzene rings is 2. The van der Waals surface area contributed by atoms with E-state index in [2.05, 4.69) is 0 Å². The summed E-state index contributed by atoms with van der Waals surface area (Å²) in [5.74, 6) is 0.822. The summed E-state index contributed by atoms with van der Waals surface area (Å²) >= 11 is 6.12. The van der Waals surface area contributed by atoms with Crippen molar-refractivity contribution in [3.8, 4) is 5.75 Å². The van der Waals surface area contributed by atoms with Gasteiger partial charge in [0, 0.05) is 5.56 Å². The monoisotopic (exact) mass is 306 g/mol. The summed E-state index contributed by atoms with van der Waals surface area (Å²) in [5.41, 5.74) is 1.61.